The summed E-state index contributed by atoms with van der Waals surface area (Å²) in [7, 11) is 0. The molecule has 1 heterocycles. The number of rotatable bonds is 3. The molecule has 0 bridgehead atoms. The molecule has 0 saturated carbocycles. The number of hydrogen-bond acceptors (Lipinski definition) is 2. The maximum atomic E-state index is 2.53. The smallest absolute Gasteiger partial charge is 0.0240 e. The second-order valence-electron chi connectivity index (χ2n) is 3.98. The van der Waals surface area contributed by atoms with Crippen molar-refractivity contribution in [2.45, 2.75) is 25.3 Å². The molecule has 0 amide bonds. The van der Waals surface area contributed by atoms with Gasteiger partial charge in [-0.1, -0.05) is 31.2 Å². The number of hydrogen-bond donors (Lipinski definition) is 0. The molecule has 1 nitrogen and oxygen atoms in total. The average molecular weight is 207 g/mol. The summed E-state index contributed by atoms with van der Waals surface area (Å²) in [6, 6.07) is 8.78. The highest BCUT2D eigenvalue weighted by molar-refractivity contribution is 7.99. The van der Waals surface area contributed by atoms with Crippen molar-refractivity contribution in [2.24, 2.45) is 0 Å². The number of nitrogens with zero attached hydrogens (tertiary/aromatic N) is 1. The summed E-state index contributed by atoms with van der Waals surface area (Å²) in [5, 5.41) is 0.740. The molecule has 14 heavy (non-hydrogen) atoms. The minimum Gasteiger partial charge on any atom is -0.294 e. The van der Waals surface area contributed by atoms with Crippen molar-refractivity contribution in [2.75, 3.05) is 12.8 Å². The fourth-order valence-corrected chi connectivity index (χ4v) is 2.33. The van der Waals surface area contributed by atoms with Crippen molar-refractivity contribution in [3.05, 3.63) is 35.4 Å². The molecule has 1 aliphatic rings. The van der Waals surface area contributed by atoms with Crippen LogP contribution in [0.25, 0.3) is 0 Å². The van der Waals surface area contributed by atoms with E-state index < -0.39 is 0 Å². The monoisotopic (exact) mass is 207 g/mol. The summed E-state index contributed by atoms with van der Waals surface area (Å²) in [5.74, 6) is 0. The predicted molar refractivity (Wildman–Crippen MR) is 63.5 cm³/mol. The van der Waals surface area contributed by atoms with E-state index in [4.69, 9.17) is 0 Å². The normalized spacial score (nSPS) is 18.1. The minimum absolute atomic E-state index is 0.740. The Morgan fingerprint density at radius 1 is 1.29 bits per heavy atom. The summed E-state index contributed by atoms with van der Waals surface area (Å²) in [4.78, 5) is 2.53. The Labute approximate surface area is 90.5 Å². The van der Waals surface area contributed by atoms with Crippen molar-refractivity contribution in [3.8, 4) is 0 Å². The average Bonchev–Trinajstić information content (AvgIpc) is 2.59. The number of fused-ring (bicyclic) bond motifs is 1. The lowest BCUT2D eigenvalue weighted by molar-refractivity contribution is 0.288. The Bertz CT molecular complexity index is 286. The van der Waals surface area contributed by atoms with Gasteiger partial charge in [-0.3, -0.25) is 4.90 Å². The molecule has 0 spiro atoms. The van der Waals surface area contributed by atoms with Crippen LogP contribution in [0.2, 0.25) is 0 Å². The molecule has 0 aromatic heterocycles. The van der Waals surface area contributed by atoms with Crippen LogP contribution in [-0.2, 0) is 13.1 Å². The van der Waals surface area contributed by atoms with Gasteiger partial charge in [0.15, 0.2) is 0 Å². The van der Waals surface area contributed by atoms with Gasteiger partial charge < -0.3 is 0 Å². The second-order valence-corrected chi connectivity index (χ2v) is 5.26. The van der Waals surface area contributed by atoms with Gasteiger partial charge in [0.1, 0.15) is 0 Å². The van der Waals surface area contributed by atoms with Gasteiger partial charge in [0.2, 0.25) is 0 Å². The van der Waals surface area contributed by atoms with E-state index in [9.17, 15) is 0 Å². The summed E-state index contributed by atoms with van der Waals surface area (Å²) in [6.07, 6.45) is 2.19. The lowest BCUT2D eigenvalue weighted by Crippen LogP contribution is -2.24. The molecule has 2 rings (SSSR count). The number of thioether (sulfide) groups is 1. The van der Waals surface area contributed by atoms with E-state index in [-0.39, 0.29) is 0 Å². The van der Waals surface area contributed by atoms with Crippen molar-refractivity contribution in [3.63, 3.8) is 0 Å². The van der Waals surface area contributed by atoms with Gasteiger partial charge in [0, 0.05) is 24.9 Å². The first-order valence-corrected chi connectivity index (χ1v) is 6.40. The van der Waals surface area contributed by atoms with E-state index in [1.54, 1.807) is 0 Å². The van der Waals surface area contributed by atoms with Crippen molar-refractivity contribution in [1.82, 2.24) is 4.90 Å². The fourth-order valence-electron chi connectivity index (χ4n) is 1.97. The van der Waals surface area contributed by atoms with E-state index in [0.717, 1.165) is 18.3 Å². The highest BCUT2D eigenvalue weighted by atomic mass is 32.2. The predicted octanol–water partition coefficient (Wildman–Crippen LogP) is 2.75. The molecule has 1 aliphatic heterocycles. The summed E-state index contributed by atoms with van der Waals surface area (Å²) < 4.78 is 0. The Hall–Kier alpha value is -0.470. The molecule has 0 aliphatic carbocycles. The van der Waals surface area contributed by atoms with Crippen LogP contribution in [0.1, 0.15) is 18.1 Å². The van der Waals surface area contributed by atoms with E-state index >= 15 is 0 Å². The topological polar surface area (TPSA) is 3.24 Å². The lowest BCUT2D eigenvalue weighted by atomic mass is 10.1. The molecule has 76 valence electrons. The zero-order valence-corrected chi connectivity index (χ0v) is 9.68. The zero-order valence-electron chi connectivity index (χ0n) is 8.86. The Kier molecular flexibility index (Phi) is 3.14. The van der Waals surface area contributed by atoms with E-state index in [0.29, 0.717) is 0 Å². The highest BCUT2D eigenvalue weighted by Gasteiger charge is 2.19. The largest absolute Gasteiger partial charge is 0.294 e. The van der Waals surface area contributed by atoms with E-state index in [2.05, 4.69) is 42.3 Å². The molecule has 0 fully saturated rings. The van der Waals surface area contributed by atoms with Gasteiger partial charge in [0.25, 0.3) is 0 Å². The Balaban J connectivity index is 1.98. The third kappa shape index (κ3) is 2.12. The third-order valence-electron chi connectivity index (χ3n) is 2.82. The third-order valence-corrected chi connectivity index (χ3v) is 3.78. The molecule has 1 aromatic carbocycles. The van der Waals surface area contributed by atoms with Crippen molar-refractivity contribution >= 4 is 11.8 Å². The molecule has 0 radical (unpaired) electrons. The van der Waals surface area contributed by atoms with Crippen LogP contribution in [0.5, 0.6) is 0 Å². The Morgan fingerprint density at radius 3 is 2.36 bits per heavy atom. The van der Waals surface area contributed by atoms with Crippen LogP contribution in [-0.4, -0.2) is 23.0 Å². The van der Waals surface area contributed by atoms with Gasteiger partial charge in [-0.05, 0) is 17.4 Å². The van der Waals surface area contributed by atoms with Crippen LogP contribution < -0.4 is 0 Å². The van der Waals surface area contributed by atoms with Gasteiger partial charge in [0.05, 0.1) is 0 Å². The molecule has 0 N–H and O–H groups in total. The van der Waals surface area contributed by atoms with Crippen molar-refractivity contribution < 1.29 is 0 Å². The first-order chi connectivity index (χ1) is 6.79. The SMILES string of the molecule is CSC(C)CN1Cc2ccccc2C1. The van der Waals surface area contributed by atoms with E-state index in [1.807, 2.05) is 11.8 Å². The van der Waals surface area contributed by atoms with E-state index in [1.165, 1.54) is 17.7 Å². The molecule has 1 atom stereocenters. The van der Waals surface area contributed by atoms with Crippen molar-refractivity contribution in [1.29, 1.82) is 0 Å². The zero-order chi connectivity index (χ0) is 9.97. The first-order valence-electron chi connectivity index (χ1n) is 5.11. The highest BCUT2D eigenvalue weighted by Crippen LogP contribution is 2.23. The van der Waals surface area contributed by atoms with Gasteiger partial charge in [-0.25, -0.2) is 0 Å². The number of benzene rings is 1. The van der Waals surface area contributed by atoms with Crippen LogP contribution in [0.15, 0.2) is 24.3 Å². The van der Waals surface area contributed by atoms with Crippen LogP contribution >= 0.6 is 11.8 Å². The minimum atomic E-state index is 0.740. The molecule has 0 saturated heterocycles. The molecular weight excluding hydrogens is 190 g/mol. The van der Waals surface area contributed by atoms with Gasteiger partial charge >= 0.3 is 0 Å². The fraction of sp³-hybridized carbons (Fsp3) is 0.500. The lowest BCUT2D eigenvalue weighted by Gasteiger charge is -2.18. The summed E-state index contributed by atoms with van der Waals surface area (Å²) in [6.45, 7) is 5.78. The van der Waals surface area contributed by atoms with Gasteiger partial charge in [-0.2, -0.15) is 11.8 Å². The van der Waals surface area contributed by atoms with Crippen LogP contribution in [0.4, 0.5) is 0 Å². The van der Waals surface area contributed by atoms with Crippen LogP contribution in [0.3, 0.4) is 0 Å². The quantitative estimate of drug-likeness (QED) is 0.750. The maximum Gasteiger partial charge on any atom is 0.0240 e. The second kappa shape index (κ2) is 4.37. The molecular formula is C12H17NS. The molecule has 2 heteroatoms. The standard InChI is InChI=1S/C12H17NS/c1-10(14-2)7-13-8-11-5-3-4-6-12(11)9-13/h3-6,10H,7-9H2,1-2H3. The summed E-state index contributed by atoms with van der Waals surface area (Å²) in [5.41, 5.74) is 3.03. The van der Waals surface area contributed by atoms with Crippen LogP contribution in [0, 0.1) is 0 Å². The first kappa shape index (κ1) is 10.1. The molecule has 1 aromatic rings. The molecule has 1 unspecified atom stereocenters. The van der Waals surface area contributed by atoms with Gasteiger partial charge in [-0.15, -0.1) is 0 Å². The Morgan fingerprint density at radius 2 is 1.86 bits per heavy atom. The summed E-state index contributed by atoms with van der Waals surface area (Å²) >= 11 is 1.95. The maximum absolute atomic E-state index is 2.53.